The minimum Gasteiger partial charge on any atom is -0.309 e. The van der Waals surface area contributed by atoms with Gasteiger partial charge >= 0.3 is 0 Å². The van der Waals surface area contributed by atoms with Crippen LogP contribution in [0.2, 0.25) is 0 Å². The van der Waals surface area contributed by atoms with E-state index in [9.17, 15) is 0 Å². The minimum absolute atomic E-state index is 0.409. The molecule has 1 unspecified atom stereocenters. The number of nitrogens with one attached hydrogen (secondary N) is 1. The van der Waals surface area contributed by atoms with Gasteiger partial charge in [0.1, 0.15) is 0 Å². The number of rotatable bonds is 6. The molecule has 2 aromatic carbocycles. The largest absolute Gasteiger partial charge is 0.309 e. The molecule has 106 valence electrons. The zero-order valence-corrected chi connectivity index (χ0v) is 13.3. The lowest BCUT2D eigenvalue weighted by molar-refractivity contribution is 0.598. The Morgan fingerprint density at radius 3 is 2.55 bits per heavy atom. The van der Waals surface area contributed by atoms with Gasteiger partial charge in [-0.1, -0.05) is 42.0 Å². The zero-order valence-electron chi connectivity index (χ0n) is 12.5. The molecule has 1 N–H and O–H groups in total. The Bertz CT molecular complexity index is 536. The number of thioether (sulfide) groups is 1. The first-order valence-corrected chi connectivity index (χ1v) is 8.14. The summed E-state index contributed by atoms with van der Waals surface area (Å²) in [5, 5.41) is 3.62. The maximum Gasteiger partial charge on any atom is 0.0294 e. The van der Waals surface area contributed by atoms with Gasteiger partial charge in [0.2, 0.25) is 0 Å². The van der Waals surface area contributed by atoms with Gasteiger partial charge < -0.3 is 5.32 Å². The summed E-state index contributed by atoms with van der Waals surface area (Å²) in [6.07, 6.45) is 0. The summed E-state index contributed by atoms with van der Waals surface area (Å²) in [6.45, 7) is 7.61. The molecular formula is C18H23NS. The van der Waals surface area contributed by atoms with Crippen molar-refractivity contribution >= 4 is 11.8 Å². The Labute approximate surface area is 126 Å². The quantitative estimate of drug-likeness (QED) is 0.607. The van der Waals surface area contributed by atoms with Crippen LogP contribution >= 0.6 is 11.8 Å². The Hall–Kier alpha value is -1.25. The van der Waals surface area contributed by atoms with Gasteiger partial charge in [-0.25, -0.2) is 0 Å². The van der Waals surface area contributed by atoms with Crippen LogP contribution in [-0.2, 0) is 0 Å². The van der Waals surface area contributed by atoms with E-state index < -0.39 is 0 Å². The molecule has 0 saturated carbocycles. The summed E-state index contributed by atoms with van der Waals surface area (Å²) in [5.74, 6) is 1.10. The van der Waals surface area contributed by atoms with Crippen molar-refractivity contribution in [2.24, 2.45) is 0 Å². The summed E-state index contributed by atoms with van der Waals surface area (Å²) in [6, 6.07) is 17.7. The molecule has 1 atom stereocenters. The third kappa shape index (κ3) is 4.39. The first-order chi connectivity index (χ1) is 9.66. The van der Waals surface area contributed by atoms with Crippen LogP contribution in [0.25, 0.3) is 0 Å². The number of hydrogen-bond donors (Lipinski definition) is 1. The maximum absolute atomic E-state index is 3.62. The smallest absolute Gasteiger partial charge is 0.0294 e. The molecule has 0 amide bonds. The van der Waals surface area contributed by atoms with Gasteiger partial charge in [-0.3, -0.25) is 0 Å². The fourth-order valence-electron chi connectivity index (χ4n) is 2.30. The number of hydrogen-bond acceptors (Lipinski definition) is 2. The Kier molecular flexibility index (Phi) is 5.69. The molecule has 0 spiro atoms. The summed E-state index contributed by atoms with van der Waals surface area (Å²) in [4.78, 5) is 1.34. The van der Waals surface area contributed by atoms with Gasteiger partial charge in [0.05, 0.1) is 0 Å². The summed E-state index contributed by atoms with van der Waals surface area (Å²) in [7, 11) is 0. The molecule has 0 saturated heterocycles. The van der Waals surface area contributed by atoms with Crippen molar-refractivity contribution in [1.29, 1.82) is 0 Å². The Morgan fingerprint density at radius 1 is 1.05 bits per heavy atom. The van der Waals surface area contributed by atoms with Gasteiger partial charge in [0, 0.05) is 23.2 Å². The first kappa shape index (κ1) is 15.1. The molecule has 1 nitrogen and oxygen atoms in total. The van der Waals surface area contributed by atoms with Crippen LogP contribution in [0.1, 0.15) is 29.7 Å². The van der Waals surface area contributed by atoms with Crippen LogP contribution in [0, 0.1) is 13.8 Å². The number of benzene rings is 2. The van der Waals surface area contributed by atoms with Crippen molar-refractivity contribution < 1.29 is 0 Å². The van der Waals surface area contributed by atoms with Gasteiger partial charge in [-0.05, 0) is 44.0 Å². The van der Waals surface area contributed by atoms with E-state index in [0.29, 0.717) is 6.04 Å². The van der Waals surface area contributed by atoms with E-state index in [2.05, 4.69) is 74.6 Å². The second-order valence-electron chi connectivity index (χ2n) is 5.20. The molecule has 0 heterocycles. The van der Waals surface area contributed by atoms with E-state index in [4.69, 9.17) is 0 Å². The van der Waals surface area contributed by atoms with Crippen LogP contribution < -0.4 is 5.32 Å². The topological polar surface area (TPSA) is 12.0 Å². The highest BCUT2D eigenvalue weighted by molar-refractivity contribution is 7.99. The molecular weight excluding hydrogens is 262 g/mol. The molecule has 2 aromatic rings. The third-order valence-corrected chi connectivity index (χ3v) is 4.48. The molecule has 0 aliphatic rings. The molecule has 0 fully saturated rings. The Morgan fingerprint density at radius 2 is 1.80 bits per heavy atom. The molecule has 0 aliphatic heterocycles. The van der Waals surface area contributed by atoms with Gasteiger partial charge in [0.25, 0.3) is 0 Å². The van der Waals surface area contributed by atoms with Crippen molar-refractivity contribution in [1.82, 2.24) is 5.32 Å². The number of aryl methyl sites for hydroxylation is 2. The monoisotopic (exact) mass is 285 g/mol. The fourth-order valence-corrected chi connectivity index (χ4v) is 3.10. The van der Waals surface area contributed by atoms with Crippen LogP contribution in [0.15, 0.2) is 53.4 Å². The predicted octanol–water partition coefficient (Wildman–Crippen LogP) is 4.75. The average molecular weight is 285 g/mol. The summed E-state index contributed by atoms with van der Waals surface area (Å²) < 4.78 is 0. The SMILES string of the molecule is Cc1ccc(C)c(C(C)NCCSc2ccccc2)c1. The van der Waals surface area contributed by atoms with E-state index in [-0.39, 0.29) is 0 Å². The van der Waals surface area contributed by atoms with Gasteiger partial charge in [-0.2, -0.15) is 0 Å². The second-order valence-corrected chi connectivity index (χ2v) is 6.37. The minimum atomic E-state index is 0.409. The molecule has 0 radical (unpaired) electrons. The first-order valence-electron chi connectivity index (χ1n) is 7.15. The highest BCUT2D eigenvalue weighted by Gasteiger charge is 2.07. The van der Waals surface area contributed by atoms with E-state index in [0.717, 1.165) is 12.3 Å². The molecule has 0 aromatic heterocycles. The Balaban J connectivity index is 1.80. The van der Waals surface area contributed by atoms with Crippen molar-refractivity contribution in [3.8, 4) is 0 Å². The van der Waals surface area contributed by atoms with Crippen LogP contribution in [0.5, 0.6) is 0 Å². The standard InChI is InChI=1S/C18H23NS/c1-14-9-10-15(2)18(13-14)16(3)19-11-12-20-17-7-5-4-6-8-17/h4-10,13,16,19H,11-12H2,1-3H3. The summed E-state index contributed by atoms with van der Waals surface area (Å²) >= 11 is 1.90. The lowest BCUT2D eigenvalue weighted by Gasteiger charge is -2.17. The maximum atomic E-state index is 3.62. The lowest BCUT2D eigenvalue weighted by atomic mass is 10.00. The zero-order chi connectivity index (χ0) is 14.4. The molecule has 0 bridgehead atoms. The lowest BCUT2D eigenvalue weighted by Crippen LogP contribution is -2.22. The predicted molar refractivity (Wildman–Crippen MR) is 89.5 cm³/mol. The van der Waals surface area contributed by atoms with E-state index >= 15 is 0 Å². The normalized spacial score (nSPS) is 12.3. The van der Waals surface area contributed by atoms with Crippen molar-refractivity contribution in [2.45, 2.75) is 31.7 Å². The van der Waals surface area contributed by atoms with Gasteiger partial charge in [-0.15, -0.1) is 11.8 Å². The van der Waals surface area contributed by atoms with Crippen LogP contribution in [0.3, 0.4) is 0 Å². The van der Waals surface area contributed by atoms with Crippen molar-refractivity contribution in [3.63, 3.8) is 0 Å². The van der Waals surface area contributed by atoms with Crippen LogP contribution in [0.4, 0.5) is 0 Å². The molecule has 0 aliphatic carbocycles. The third-order valence-electron chi connectivity index (χ3n) is 3.47. The fraction of sp³-hybridized carbons (Fsp3) is 0.333. The van der Waals surface area contributed by atoms with Gasteiger partial charge in [0.15, 0.2) is 0 Å². The van der Waals surface area contributed by atoms with E-state index in [1.54, 1.807) is 0 Å². The molecule has 2 heteroatoms. The van der Waals surface area contributed by atoms with E-state index in [1.165, 1.54) is 21.6 Å². The highest BCUT2D eigenvalue weighted by Crippen LogP contribution is 2.20. The van der Waals surface area contributed by atoms with Crippen LogP contribution in [-0.4, -0.2) is 12.3 Å². The molecule has 20 heavy (non-hydrogen) atoms. The summed E-state index contributed by atoms with van der Waals surface area (Å²) in [5.41, 5.74) is 4.11. The molecule has 2 rings (SSSR count). The van der Waals surface area contributed by atoms with Crippen molar-refractivity contribution in [2.75, 3.05) is 12.3 Å². The van der Waals surface area contributed by atoms with Crippen molar-refractivity contribution in [3.05, 3.63) is 65.2 Å². The average Bonchev–Trinajstić information content (AvgIpc) is 2.47. The highest BCUT2D eigenvalue weighted by atomic mass is 32.2. The second kappa shape index (κ2) is 7.51. The van der Waals surface area contributed by atoms with E-state index in [1.807, 2.05) is 11.8 Å².